The van der Waals surface area contributed by atoms with Gasteiger partial charge in [0.05, 0.1) is 23.8 Å². The van der Waals surface area contributed by atoms with E-state index in [4.69, 9.17) is 5.11 Å². The first kappa shape index (κ1) is 15.7. The van der Waals surface area contributed by atoms with Crippen LogP contribution in [0.4, 0.5) is 5.82 Å². The standard InChI is InChI=1S/C17H20N2O4/c20-10-15(21)11-5-7-19(8-6-11)16-9-13(17(22)23)12-3-1-2-4-14(12)18-16/h1-4,9,11,15,20-21H,5-8,10H2,(H,22,23). The average molecular weight is 316 g/mol. The normalized spacial score (nSPS) is 17.4. The third kappa shape index (κ3) is 3.13. The van der Waals surface area contributed by atoms with Gasteiger partial charge in [-0.2, -0.15) is 0 Å². The number of aliphatic hydroxyl groups is 2. The van der Waals surface area contributed by atoms with Crippen LogP contribution in [-0.4, -0.2) is 52.1 Å². The number of carboxylic acids is 1. The maximum atomic E-state index is 11.5. The van der Waals surface area contributed by atoms with Gasteiger partial charge >= 0.3 is 5.97 Å². The number of aliphatic hydroxyl groups excluding tert-OH is 2. The first-order valence-corrected chi connectivity index (χ1v) is 7.77. The second-order valence-corrected chi connectivity index (χ2v) is 5.92. The molecule has 6 nitrogen and oxygen atoms in total. The summed E-state index contributed by atoms with van der Waals surface area (Å²) in [5.41, 5.74) is 0.919. The number of hydrogen-bond acceptors (Lipinski definition) is 5. The molecule has 0 aliphatic carbocycles. The van der Waals surface area contributed by atoms with Crippen molar-refractivity contribution in [3.05, 3.63) is 35.9 Å². The number of rotatable bonds is 4. The van der Waals surface area contributed by atoms with Crippen molar-refractivity contribution in [3.8, 4) is 0 Å². The second kappa shape index (κ2) is 6.52. The van der Waals surface area contributed by atoms with Crippen molar-refractivity contribution in [1.82, 2.24) is 4.98 Å². The van der Waals surface area contributed by atoms with E-state index < -0.39 is 12.1 Å². The Morgan fingerprint density at radius 1 is 1.30 bits per heavy atom. The molecule has 1 saturated heterocycles. The lowest BCUT2D eigenvalue weighted by Crippen LogP contribution is -2.39. The summed E-state index contributed by atoms with van der Waals surface area (Å²) in [7, 11) is 0. The minimum atomic E-state index is -0.963. The summed E-state index contributed by atoms with van der Waals surface area (Å²) < 4.78 is 0. The fourth-order valence-electron chi connectivity index (χ4n) is 3.16. The summed E-state index contributed by atoms with van der Waals surface area (Å²) in [6.07, 6.45) is 0.813. The monoisotopic (exact) mass is 316 g/mol. The molecule has 0 saturated carbocycles. The number of carboxylic acid groups (broad SMARTS) is 1. The molecule has 1 aromatic carbocycles. The number of nitrogens with zero attached hydrogens (tertiary/aromatic N) is 2. The molecule has 1 aromatic heterocycles. The number of carbonyl (C=O) groups is 1. The molecular formula is C17H20N2O4. The number of aromatic nitrogens is 1. The molecule has 23 heavy (non-hydrogen) atoms. The molecule has 122 valence electrons. The molecule has 2 heterocycles. The minimum Gasteiger partial charge on any atom is -0.478 e. The van der Waals surface area contributed by atoms with Crippen molar-refractivity contribution in [1.29, 1.82) is 0 Å². The van der Waals surface area contributed by atoms with Crippen LogP contribution >= 0.6 is 0 Å². The zero-order valence-corrected chi connectivity index (χ0v) is 12.7. The Labute approximate surface area is 134 Å². The van der Waals surface area contributed by atoms with Crippen LogP contribution in [0.3, 0.4) is 0 Å². The number of fused-ring (bicyclic) bond motifs is 1. The summed E-state index contributed by atoms with van der Waals surface area (Å²) in [4.78, 5) is 18.1. The SMILES string of the molecule is O=C(O)c1cc(N2CCC(C(O)CO)CC2)nc2ccccc12. The van der Waals surface area contributed by atoms with Gasteiger partial charge in [-0.15, -0.1) is 0 Å². The summed E-state index contributed by atoms with van der Waals surface area (Å²) in [5, 5.41) is 28.9. The number of piperidine rings is 1. The van der Waals surface area contributed by atoms with Crippen molar-refractivity contribution in [2.45, 2.75) is 18.9 Å². The van der Waals surface area contributed by atoms with Crippen LogP contribution in [0, 0.1) is 5.92 Å². The molecular weight excluding hydrogens is 296 g/mol. The summed E-state index contributed by atoms with van der Waals surface area (Å²) >= 11 is 0. The van der Waals surface area contributed by atoms with E-state index in [0.717, 1.165) is 12.8 Å². The van der Waals surface area contributed by atoms with E-state index in [9.17, 15) is 15.0 Å². The van der Waals surface area contributed by atoms with Gasteiger partial charge in [-0.1, -0.05) is 18.2 Å². The van der Waals surface area contributed by atoms with E-state index in [1.807, 2.05) is 17.0 Å². The summed E-state index contributed by atoms with van der Waals surface area (Å²) in [6, 6.07) is 8.84. The fraction of sp³-hybridized carbons (Fsp3) is 0.412. The lowest BCUT2D eigenvalue weighted by atomic mass is 9.91. The highest BCUT2D eigenvalue weighted by Gasteiger charge is 2.26. The number of para-hydroxylation sites is 1. The van der Waals surface area contributed by atoms with Crippen molar-refractivity contribution < 1.29 is 20.1 Å². The Morgan fingerprint density at radius 2 is 2.00 bits per heavy atom. The number of benzene rings is 1. The predicted molar refractivity (Wildman–Crippen MR) is 86.7 cm³/mol. The summed E-state index contributed by atoms with van der Waals surface area (Å²) in [5.74, 6) is -0.232. The zero-order valence-electron chi connectivity index (χ0n) is 12.7. The number of hydrogen-bond donors (Lipinski definition) is 3. The van der Waals surface area contributed by atoms with Crippen LogP contribution in [-0.2, 0) is 0 Å². The molecule has 1 aliphatic heterocycles. The fourth-order valence-corrected chi connectivity index (χ4v) is 3.16. The van der Waals surface area contributed by atoms with Crippen LogP contribution in [0.15, 0.2) is 30.3 Å². The predicted octanol–water partition coefficient (Wildman–Crippen LogP) is 1.50. The molecule has 1 unspecified atom stereocenters. The summed E-state index contributed by atoms with van der Waals surface area (Å²) in [6.45, 7) is 1.15. The van der Waals surface area contributed by atoms with Gasteiger partial charge in [-0.3, -0.25) is 0 Å². The Kier molecular flexibility index (Phi) is 4.45. The van der Waals surface area contributed by atoms with Gasteiger partial charge in [0.15, 0.2) is 0 Å². The third-order valence-corrected chi connectivity index (χ3v) is 4.53. The van der Waals surface area contributed by atoms with Gasteiger partial charge in [-0.25, -0.2) is 9.78 Å². The van der Waals surface area contributed by atoms with Gasteiger partial charge in [0.25, 0.3) is 0 Å². The number of anilines is 1. The molecule has 0 spiro atoms. The lowest BCUT2D eigenvalue weighted by Gasteiger charge is -2.34. The highest BCUT2D eigenvalue weighted by molar-refractivity contribution is 6.03. The molecule has 1 aliphatic rings. The van der Waals surface area contributed by atoms with Crippen LogP contribution in [0.5, 0.6) is 0 Å². The minimum absolute atomic E-state index is 0.0793. The van der Waals surface area contributed by atoms with Crippen molar-refractivity contribution in [2.24, 2.45) is 5.92 Å². The van der Waals surface area contributed by atoms with E-state index >= 15 is 0 Å². The molecule has 2 aromatic rings. The van der Waals surface area contributed by atoms with Gasteiger partial charge in [0.2, 0.25) is 0 Å². The van der Waals surface area contributed by atoms with E-state index in [0.29, 0.717) is 29.8 Å². The molecule has 6 heteroatoms. The number of pyridine rings is 1. The Morgan fingerprint density at radius 3 is 2.65 bits per heavy atom. The maximum absolute atomic E-state index is 11.5. The topological polar surface area (TPSA) is 93.9 Å². The van der Waals surface area contributed by atoms with E-state index in [1.165, 1.54) is 0 Å². The zero-order chi connectivity index (χ0) is 16.4. The van der Waals surface area contributed by atoms with Crippen molar-refractivity contribution in [3.63, 3.8) is 0 Å². The molecule has 0 radical (unpaired) electrons. The van der Waals surface area contributed by atoms with Crippen LogP contribution in [0.1, 0.15) is 23.2 Å². The molecule has 3 rings (SSSR count). The van der Waals surface area contributed by atoms with E-state index in [2.05, 4.69) is 4.98 Å². The quantitative estimate of drug-likeness (QED) is 0.791. The first-order valence-electron chi connectivity index (χ1n) is 7.77. The molecule has 3 N–H and O–H groups in total. The van der Waals surface area contributed by atoms with Crippen LogP contribution in [0.2, 0.25) is 0 Å². The van der Waals surface area contributed by atoms with Crippen molar-refractivity contribution >= 4 is 22.7 Å². The van der Waals surface area contributed by atoms with Crippen LogP contribution < -0.4 is 4.90 Å². The van der Waals surface area contributed by atoms with Gasteiger partial charge in [0.1, 0.15) is 5.82 Å². The third-order valence-electron chi connectivity index (χ3n) is 4.53. The molecule has 1 atom stereocenters. The molecule has 1 fully saturated rings. The van der Waals surface area contributed by atoms with E-state index in [-0.39, 0.29) is 18.1 Å². The van der Waals surface area contributed by atoms with E-state index in [1.54, 1.807) is 18.2 Å². The van der Waals surface area contributed by atoms with Gasteiger partial charge in [-0.05, 0) is 30.9 Å². The smallest absolute Gasteiger partial charge is 0.336 e. The average Bonchev–Trinajstić information content (AvgIpc) is 2.60. The molecule has 0 amide bonds. The molecule has 0 bridgehead atoms. The Balaban J connectivity index is 1.88. The lowest BCUT2D eigenvalue weighted by molar-refractivity contribution is 0.0376. The van der Waals surface area contributed by atoms with Gasteiger partial charge < -0.3 is 20.2 Å². The second-order valence-electron chi connectivity index (χ2n) is 5.92. The highest BCUT2D eigenvalue weighted by atomic mass is 16.4. The highest BCUT2D eigenvalue weighted by Crippen LogP contribution is 2.27. The maximum Gasteiger partial charge on any atom is 0.336 e. The Bertz CT molecular complexity index is 711. The van der Waals surface area contributed by atoms with Gasteiger partial charge in [0, 0.05) is 18.5 Å². The van der Waals surface area contributed by atoms with Crippen molar-refractivity contribution in [2.75, 3.05) is 24.6 Å². The first-order chi connectivity index (χ1) is 11.1. The number of aromatic carboxylic acids is 1. The van der Waals surface area contributed by atoms with Crippen LogP contribution in [0.25, 0.3) is 10.9 Å². The largest absolute Gasteiger partial charge is 0.478 e. The Hall–Kier alpha value is -2.18.